The van der Waals surface area contributed by atoms with E-state index in [1.807, 2.05) is 12.1 Å². The Labute approximate surface area is 193 Å². The van der Waals surface area contributed by atoms with Crippen molar-refractivity contribution in [2.45, 2.75) is 6.54 Å². The maximum Gasteiger partial charge on any atom is 0.258 e. The van der Waals surface area contributed by atoms with Crippen molar-refractivity contribution in [2.24, 2.45) is 0 Å². The number of hydrogen-bond acceptors (Lipinski definition) is 3. The monoisotopic (exact) mass is 457 g/mol. The quantitative estimate of drug-likeness (QED) is 0.375. The van der Waals surface area contributed by atoms with E-state index >= 15 is 0 Å². The van der Waals surface area contributed by atoms with E-state index in [-0.39, 0.29) is 18.0 Å². The summed E-state index contributed by atoms with van der Waals surface area (Å²) < 4.78 is 14.4. The minimum atomic E-state index is -0.533. The van der Waals surface area contributed by atoms with Gasteiger partial charge in [-0.15, -0.1) is 0 Å². The molecule has 5 aromatic rings. The summed E-state index contributed by atoms with van der Waals surface area (Å²) in [5, 5.41) is 1.82. The Kier molecular flexibility index (Phi) is 5.36. The van der Waals surface area contributed by atoms with Gasteiger partial charge in [-0.25, -0.2) is 4.39 Å². The summed E-state index contributed by atoms with van der Waals surface area (Å²) in [6, 6.07) is 21.8. The SMILES string of the molecule is O=C(c1ccc2ncccc2c1)N(Cc1cc(=O)[nH]c2c(F)cccc12)c1cccc(Cl)c1. The Morgan fingerprint density at radius 2 is 1.85 bits per heavy atom. The number of amides is 1. The molecule has 0 saturated carbocycles. The van der Waals surface area contributed by atoms with Gasteiger partial charge in [0, 0.05) is 39.3 Å². The molecule has 1 N–H and O–H groups in total. The summed E-state index contributed by atoms with van der Waals surface area (Å²) in [7, 11) is 0. The van der Waals surface area contributed by atoms with Gasteiger partial charge in [0.1, 0.15) is 5.82 Å². The number of fused-ring (bicyclic) bond motifs is 2. The van der Waals surface area contributed by atoms with Gasteiger partial charge in [-0.1, -0.05) is 35.9 Å². The number of pyridine rings is 2. The van der Waals surface area contributed by atoms with Gasteiger partial charge in [-0.2, -0.15) is 0 Å². The molecular weight excluding hydrogens is 441 g/mol. The number of carbonyl (C=O) groups excluding carboxylic acids is 1. The molecule has 0 atom stereocenters. The van der Waals surface area contributed by atoms with Gasteiger partial charge in [0.15, 0.2) is 0 Å². The van der Waals surface area contributed by atoms with Crippen LogP contribution >= 0.6 is 11.6 Å². The number of nitrogens with one attached hydrogen (secondary N) is 1. The maximum atomic E-state index is 14.4. The van der Waals surface area contributed by atoms with Gasteiger partial charge < -0.3 is 9.88 Å². The summed E-state index contributed by atoms with van der Waals surface area (Å²) in [5.74, 6) is -0.818. The second kappa shape index (κ2) is 8.48. The van der Waals surface area contributed by atoms with Crippen LogP contribution in [0.25, 0.3) is 21.8 Å². The van der Waals surface area contributed by atoms with Gasteiger partial charge in [0.2, 0.25) is 5.56 Å². The first-order chi connectivity index (χ1) is 16.0. The number of H-pyrrole nitrogens is 1. The predicted molar refractivity (Wildman–Crippen MR) is 128 cm³/mol. The molecule has 0 radical (unpaired) electrons. The molecule has 2 heterocycles. The molecule has 7 heteroatoms. The van der Waals surface area contributed by atoms with E-state index < -0.39 is 11.4 Å². The molecule has 3 aromatic carbocycles. The Hall–Kier alpha value is -4.03. The fourth-order valence-corrected chi connectivity index (χ4v) is 4.09. The number of para-hydroxylation sites is 1. The fourth-order valence-electron chi connectivity index (χ4n) is 3.90. The average Bonchev–Trinajstić information content (AvgIpc) is 2.82. The lowest BCUT2D eigenvalue weighted by atomic mass is 10.1. The highest BCUT2D eigenvalue weighted by atomic mass is 35.5. The average molecular weight is 458 g/mol. The van der Waals surface area contributed by atoms with Crippen LogP contribution in [-0.4, -0.2) is 15.9 Å². The third-order valence-electron chi connectivity index (χ3n) is 5.46. The predicted octanol–water partition coefficient (Wildman–Crippen LogP) is 5.72. The smallest absolute Gasteiger partial charge is 0.258 e. The minimum Gasteiger partial charge on any atom is -0.319 e. The van der Waals surface area contributed by atoms with E-state index in [1.54, 1.807) is 60.8 Å². The standard InChI is InChI=1S/C26H17ClFN3O2/c27-19-5-1-6-20(14-19)31(26(33)17-9-10-23-16(12-17)4-3-11-29-23)15-18-13-24(32)30-25-21(18)7-2-8-22(25)28/h1-14H,15H2,(H,30,32). The molecule has 5 rings (SSSR count). The van der Waals surface area contributed by atoms with E-state index in [0.29, 0.717) is 27.2 Å². The van der Waals surface area contributed by atoms with Crippen LogP contribution in [0.4, 0.5) is 10.1 Å². The highest BCUT2D eigenvalue weighted by molar-refractivity contribution is 6.31. The number of carbonyl (C=O) groups is 1. The van der Waals surface area contributed by atoms with Crippen LogP contribution in [-0.2, 0) is 6.54 Å². The van der Waals surface area contributed by atoms with Crippen molar-refractivity contribution < 1.29 is 9.18 Å². The zero-order valence-electron chi connectivity index (χ0n) is 17.3. The largest absolute Gasteiger partial charge is 0.319 e. The minimum absolute atomic E-state index is 0.0497. The number of hydrogen-bond donors (Lipinski definition) is 1. The first kappa shape index (κ1) is 20.8. The first-order valence-corrected chi connectivity index (χ1v) is 10.6. The summed E-state index contributed by atoms with van der Waals surface area (Å²) in [6.07, 6.45) is 1.69. The molecule has 0 unspecified atom stereocenters. The van der Waals surface area contributed by atoms with E-state index in [4.69, 9.17) is 11.6 Å². The number of nitrogens with zero attached hydrogens (tertiary/aromatic N) is 2. The highest BCUT2D eigenvalue weighted by Crippen LogP contribution is 2.27. The van der Waals surface area contributed by atoms with Crippen molar-refractivity contribution in [3.8, 4) is 0 Å². The van der Waals surface area contributed by atoms with Crippen molar-refractivity contribution in [1.29, 1.82) is 0 Å². The van der Waals surface area contributed by atoms with Crippen LogP contribution in [0.15, 0.2) is 89.9 Å². The lowest BCUT2D eigenvalue weighted by Gasteiger charge is -2.24. The number of halogens is 2. The molecule has 0 bridgehead atoms. The second-order valence-electron chi connectivity index (χ2n) is 7.60. The fraction of sp³-hybridized carbons (Fsp3) is 0.0385. The van der Waals surface area contributed by atoms with Crippen molar-refractivity contribution in [1.82, 2.24) is 9.97 Å². The van der Waals surface area contributed by atoms with E-state index in [9.17, 15) is 14.0 Å². The molecule has 33 heavy (non-hydrogen) atoms. The Morgan fingerprint density at radius 3 is 2.70 bits per heavy atom. The number of aromatic amines is 1. The van der Waals surface area contributed by atoms with E-state index in [2.05, 4.69) is 9.97 Å². The lowest BCUT2D eigenvalue weighted by molar-refractivity contribution is 0.0985. The normalized spacial score (nSPS) is 11.1. The molecule has 0 spiro atoms. The zero-order valence-corrected chi connectivity index (χ0v) is 18.0. The van der Waals surface area contributed by atoms with Crippen LogP contribution in [0, 0.1) is 5.82 Å². The number of aromatic nitrogens is 2. The number of anilines is 1. The molecule has 0 saturated heterocycles. The molecule has 2 aromatic heterocycles. The lowest BCUT2D eigenvalue weighted by Crippen LogP contribution is -2.31. The molecule has 5 nitrogen and oxygen atoms in total. The van der Waals surface area contributed by atoms with Gasteiger partial charge in [-0.3, -0.25) is 14.6 Å². The zero-order chi connectivity index (χ0) is 22.9. The summed E-state index contributed by atoms with van der Waals surface area (Å²) in [5.41, 5.74) is 1.97. The summed E-state index contributed by atoms with van der Waals surface area (Å²) in [6.45, 7) is 0.0497. The molecule has 0 fully saturated rings. The maximum absolute atomic E-state index is 14.4. The van der Waals surface area contributed by atoms with E-state index in [1.165, 1.54) is 17.0 Å². The van der Waals surface area contributed by atoms with Crippen LogP contribution in [0.1, 0.15) is 15.9 Å². The van der Waals surface area contributed by atoms with Crippen molar-refractivity contribution in [3.63, 3.8) is 0 Å². The summed E-state index contributed by atoms with van der Waals surface area (Å²) >= 11 is 6.21. The molecular formula is C26H17ClFN3O2. The third-order valence-corrected chi connectivity index (χ3v) is 5.69. The van der Waals surface area contributed by atoms with Gasteiger partial charge in [-0.05, 0) is 54.1 Å². The molecule has 1 amide bonds. The Balaban J connectivity index is 1.64. The molecule has 0 aliphatic rings. The first-order valence-electron chi connectivity index (χ1n) is 10.2. The van der Waals surface area contributed by atoms with Crippen LogP contribution in [0.2, 0.25) is 5.02 Å². The number of rotatable bonds is 4. The molecule has 0 aliphatic carbocycles. The van der Waals surface area contributed by atoms with Gasteiger partial charge in [0.25, 0.3) is 5.91 Å². The van der Waals surface area contributed by atoms with Crippen LogP contribution in [0.3, 0.4) is 0 Å². The van der Waals surface area contributed by atoms with Crippen molar-refractivity contribution >= 4 is 45.0 Å². The van der Waals surface area contributed by atoms with E-state index in [0.717, 1.165) is 10.9 Å². The second-order valence-corrected chi connectivity index (χ2v) is 8.04. The van der Waals surface area contributed by atoms with Crippen LogP contribution in [0.5, 0.6) is 0 Å². The third kappa shape index (κ3) is 4.08. The van der Waals surface area contributed by atoms with Crippen LogP contribution < -0.4 is 10.5 Å². The van der Waals surface area contributed by atoms with Gasteiger partial charge >= 0.3 is 0 Å². The van der Waals surface area contributed by atoms with Crippen molar-refractivity contribution in [2.75, 3.05) is 4.90 Å². The van der Waals surface area contributed by atoms with Gasteiger partial charge in [0.05, 0.1) is 17.6 Å². The topological polar surface area (TPSA) is 66.1 Å². The van der Waals surface area contributed by atoms with Crippen molar-refractivity contribution in [3.05, 3.63) is 117 Å². The number of benzene rings is 3. The molecule has 162 valence electrons. The molecule has 0 aliphatic heterocycles. The highest BCUT2D eigenvalue weighted by Gasteiger charge is 2.21. The Morgan fingerprint density at radius 1 is 1.00 bits per heavy atom. The summed E-state index contributed by atoms with van der Waals surface area (Å²) in [4.78, 5) is 34.3. The Bertz CT molecular complexity index is 1580.